The Morgan fingerprint density at radius 3 is 2.58 bits per heavy atom. The molecule has 1 aliphatic heterocycles. The molecule has 4 heteroatoms. The van der Waals surface area contributed by atoms with E-state index in [1.165, 1.54) is 6.07 Å². The van der Waals surface area contributed by atoms with E-state index < -0.39 is 0 Å². The van der Waals surface area contributed by atoms with Crippen molar-refractivity contribution in [2.45, 2.75) is 45.4 Å². The molecule has 2 rings (SSSR count). The molecule has 1 aliphatic rings. The monoisotopic (exact) mass is 285 g/mol. The van der Waals surface area contributed by atoms with Crippen LogP contribution >= 0.6 is 11.6 Å². The first-order valence-corrected chi connectivity index (χ1v) is 7.13. The molecule has 106 valence electrons. The number of rotatable bonds is 3. The maximum absolute atomic E-state index is 13.7. The van der Waals surface area contributed by atoms with Crippen molar-refractivity contribution >= 4 is 11.6 Å². The third kappa shape index (κ3) is 3.10. The summed E-state index contributed by atoms with van der Waals surface area (Å²) in [6.07, 6.45) is 0.805. The van der Waals surface area contributed by atoms with Crippen LogP contribution in [-0.4, -0.2) is 18.2 Å². The van der Waals surface area contributed by atoms with Gasteiger partial charge in [-0.05, 0) is 49.9 Å². The van der Waals surface area contributed by atoms with E-state index in [4.69, 9.17) is 22.1 Å². The van der Waals surface area contributed by atoms with Gasteiger partial charge in [-0.1, -0.05) is 18.5 Å². The maximum atomic E-state index is 13.7. The molecule has 0 aliphatic carbocycles. The van der Waals surface area contributed by atoms with Crippen LogP contribution in [0, 0.1) is 17.7 Å². The number of halogens is 2. The van der Waals surface area contributed by atoms with E-state index in [-0.39, 0.29) is 30.0 Å². The lowest BCUT2D eigenvalue weighted by Gasteiger charge is -2.26. The van der Waals surface area contributed by atoms with Gasteiger partial charge in [0.25, 0.3) is 0 Å². The third-order valence-corrected chi connectivity index (χ3v) is 4.51. The molecular weight excluding hydrogens is 265 g/mol. The second-order valence-corrected chi connectivity index (χ2v) is 6.02. The first-order valence-electron chi connectivity index (χ1n) is 6.75. The predicted octanol–water partition coefficient (Wildman–Crippen LogP) is 3.41. The Morgan fingerprint density at radius 1 is 1.32 bits per heavy atom. The number of benzene rings is 1. The minimum absolute atomic E-state index is 0.113. The van der Waals surface area contributed by atoms with Gasteiger partial charge in [-0.3, -0.25) is 0 Å². The highest BCUT2D eigenvalue weighted by atomic mass is 35.5. The fourth-order valence-electron chi connectivity index (χ4n) is 3.12. The second kappa shape index (κ2) is 5.78. The summed E-state index contributed by atoms with van der Waals surface area (Å²) in [5.74, 6) is 0.382. The summed E-state index contributed by atoms with van der Waals surface area (Å²) in [5.41, 5.74) is 6.87. The van der Waals surface area contributed by atoms with Crippen LogP contribution in [0.5, 0.6) is 0 Å². The highest BCUT2D eigenvalue weighted by Crippen LogP contribution is 2.35. The van der Waals surface area contributed by atoms with Crippen molar-refractivity contribution in [1.82, 2.24) is 0 Å². The Hall–Kier alpha value is -0.640. The van der Waals surface area contributed by atoms with E-state index in [2.05, 4.69) is 13.8 Å². The van der Waals surface area contributed by atoms with E-state index in [0.717, 1.165) is 0 Å². The van der Waals surface area contributed by atoms with E-state index in [1.54, 1.807) is 12.1 Å². The lowest BCUT2D eigenvalue weighted by molar-refractivity contribution is 0.0490. The summed E-state index contributed by atoms with van der Waals surface area (Å²) in [4.78, 5) is 0. The second-order valence-electron chi connectivity index (χ2n) is 5.59. The van der Waals surface area contributed by atoms with Gasteiger partial charge >= 0.3 is 0 Å². The number of nitrogens with two attached hydrogens (primary N) is 1. The molecule has 0 saturated carbocycles. The molecule has 2 N–H and O–H groups in total. The van der Waals surface area contributed by atoms with E-state index in [0.29, 0.717) is 22.9 Å². The molecule has 0 amide bonds. The summed E-state index contributed by atoms with van der Waals surface area (Å²) in [6, 6.07) is 4.48. The van der Waals surface area contributed by atoms with Crippen molar-refractivity contribution in [2.75, 3.05) is 0 Å². The van der Waals surface area contributed by atoms with Crippen LogP contribution < -0.4 is 5.73 Å². The molecule has 1 saturated heterocycles. The van der Waals surface area contributed by atoms with Crippen LogP contribution in [0.25, 0.3) is 0 Å². The van der Waals surface area contributed by atoms with Gasteiger partial charge in [0.05, 0.1) is 12.2 Å². The van der Waals surface area contributed by atoms with Gasteiger partial charge in [0.2, 0.25) is 0 Å². The van der Waals surface area contributed by atoms with Gasteiger partial charge in [-0.25, -0.2) is 4.39 Å². The molecule has 5 atom stereocenters. The van der Waals surface area contributed by atoms with Gasteiger partial charge in [0.15, 0.2) is 0 Å². The van der Waals surface area contributed by atoms with Crippen LogP contribution in [0.1, 0.15) is 26.3 Å². The van der Waals surface area contributed by atoms with Crippen molar-refractivity contribution < 1.29 is 9.13 Å². The van der Waals surface area contributed by atoms with E-state index in [9.17, 15) is 4.39 Å². The first-order chi connectivity index (χ1) is 8.90. The summed E-state index contributed by atoms with van der Waals surface area (Å²) in [6.45, 7) is 6.25. The molecule has 1 aromatic rings. The zero-order valence-electron chi connectivity index (χ0n) is 11.6. The summed E-state index contributed by atoms with van der Waals surface area (Å²) < 4.78 is 19.5. The average Bonchev–Trinajstić information content (AvgIpc) is 2.58. The fraction of sp³-hybridized carbons (Fsp3) is 0.600. The van der Waals surface area contributed by atoms with Crippen molar-refractivity contribution in [3.8, 4) is 0 Å². The van der Waals surface area contributed by atoms with Crippen LogP contribution in [0.15, 0.2) is 18.2 Å². The SMILES string of the molecule is CC1OC(C)C(C(N)Cc2cc(Cl)ccc2F)C1C. The number of hydrogen-bond acceptors (Lipinski definition) is 2. The Bertz CT molecular complexity index is 454. The summed E-state index contributed by atoms with van der Waals surface area (Å²) in [7, 11) is 0. The van der Waals surface area contributed by atoms with Crippen LogP contribution in [0.4, 0.5) is 4.39 Å². The lowest BCUT2D eigenvalue weighted by Crippen LogP contribution is -2.39. The summed E-state index contributed by atoms with van der Waals surface area (Å²) in [5, 5.41) is 0.542. The van der Waals surface area contributed by atoms with Gasteiger partial charge < -0.3 is 10.5 Å². The zero-order valence-corrected chi connectivity index (χ0v) is 12.3. The highest BCUT2D eigenvalue weighted by molar-refractivity contribution is 6.30. The summed E-state index contributed by atoms with van der Waals surface area (Å²) >= 11 is 5.91. The molecule has 19 heavy (non-hydrogen) atoms. The molecule has 0 spiro atoms. The van der Waals surface area contributed by atoms with Gasteiger partial charge in [-0.15, -0.1) is 0 Å². The number of hydrogen-bond donors (Lipinski definition) is 1. The van der Waals surface area contributed by atoms with Gasteiger partial charge in [-0.2, -0.15) is 0 Å². The van der Waals surface area contributed by atoms with Crippen LogP contribution in [-0.2, 0) is 11.2 Å². The molecule has 1 aromatic carbocycles. The Labute approximate surface area is 119 Å². The van der Waals surface area contributed by atoms with Crippen molar-refractivity contribution in [2.24, 2.45) is 17.6 Å². The van der Waals surface area contributed by atoms with Crippen molar-refractivity contribution in [3.05, 3.63) is 34.6 Å². The number of ether oxygens (including phenoxy) is 1. The fourth-order valence-corrected chi connectivity index (χ4v) is 3.32. The quantitative estimate of drug-likeness (QED) is 0.924. The highest BCUT2D eigenvalue weighted by Gasteiger charge is 2.40. The molecule has 0 radical (unpaired) electrons. The molecule has 1 fully saturated rings. The smallest absolute Gasteiger partial charge is 0.126 e. The normalized spacial score (nSPS) is 32.5. The van der Waals surface area contributed by atoms with Crippen molar-refractivity contribution in [1.29, 1.82) is 0 Å². The zero-order chi connectivity index (χ0) is 14.2. The first kappa shape index (κ1) is 14.8. The molecule has 2 nitrogen and oxygen atoms in total. The van der Waals surface area contributed by atoms with Crippen LogP contribution in [0.3, 0.4) is 0 Å². The standard InChI is InChI=1S/C15H21ClFNO/c1-8-9(2)19-10(3)15(8)14(18)7-11-6-12(16)4-5-13(11)17/h4-6,8-10,14-15H,7,18H2,1-3H3. The minimum atomic E-state index is -0.243. The van der Waals surface area contributed by atoms with E-state index in [1.807, 2.05) is 6.92 Å². The van der Waals surface area contributed by atoms with E-state index >= 15 is 0 Å². The molecule has 0 bridgehead atoms. The average molecular weight is 286 g/mol. The predicted molar refractivity (Wildman–Crippen MR) is 75.8 cm³/mol. The third-order valence-electron chi connectivity index (χ3n) is 4.28. The molecule has 5 unspecified atom stereocenters. The molecule has 0 aromatic heterocycles. The lowest BCUT2D eigenvalue weighted by atomic mass is 9.81. The van der Waals surface area contributed by atoms with Crippen molar-refractivity contribution in [3.63, 3.8) is 0 Å². The van der Waals surface area contributed by atoms with Crippen LogP contribution in [0.2, 0.25) is 5.02 Å². The minimum Gasteiger partial charge on any atom is -0.375 e. The Kier molecular flexibility index (Phi) is 4.49. The Balaban J connectivity index is 2.12. The largest absolute Gasteiger partial charge is 0.375 e. The molecule has 1 heterocycles. The van der Waals surface area contributed by atoms with Gasteiger partial charge in [0.1, 0.15) is 5.82 Å². The maximum Gasteiger partial charge on any atom is 0.126 e. The molecular formula is C15H21ClFNO. The topological polar surface area (TPSA) is 35.2 Å². The Morgan fingerprint density at radius 2 is 2.00 bits per heavy atom. The van der Waals surface area contributed by atoms with Gasteiger partial charge in [0, 0.05) is 17.0 Å².